The molecule has 3 aromatic rings. The highest BCUT2D eigenvalue weighted by molar-refractivity contribution is 7.89. The molecule has 1 aromatic heterocycles. The number of hydrogen-bond acceptors (Lipinski definition) is 5. The topological polar surface area (TPSA) is 79.4 Å². The van der Waals surface area contributed by atoms with Gasteiger partial charge in [0.25, 0.3) is 0 Å². The number of aromatic nitrogens is 1. The molecule has 1 N–H and O–H groups in total. The number of piperidine rings is 1. The highest BCUT2D eigenvalue weighted by Crippen LogP contribution is 2.27. The van der Waals surface area contributed by atoms with E-state index in [1.54, 1.807) is 0 Å². The first-order chi connectivity index (χ1) is 14.4. The molecule has 1 amide bonds. The lowest BCUT2D eigenvalue weighted by Gasteiger charge is -2.30. The molecule has 9 heteroatoms. The Morgan fingerprint density at radius 3 is 2.40 bits per heavy atom. The molecular formula is C21H20FN3O3S2. The van der Waals surface area contributed by atoms with E-state index in [2.05, 4.69) is 10.3 Å². The largest absolute Gasteiger partial charge is 0.302 e. The molecule has 4 rings (SSSR count). The van der Waals surface area contributed by atoms with Crippen LogP contribution in [-0.4, -0.2) is 36.7 Å². The van der Waals surface area contributed by atoms with Gasteiger partial charge in [-0.25, -0.2) is 17.8 Å². The fourth-order valence-corrected chi connectivity index (χ4v) is 5.59. The van der Waals surface area contributed by atoms with Gasteiger partial charge in [0.2, 0.25) is 15.9 Å². The molecule has 0 bridgehead atoms. The van der Waals surface area contributed by atoms with Crippen molar-refractivity contribution in [3.05, 3.63) is 65.8 Å². The van der Waals surface area contributed by atoms with Gasteiger partial charge in [0.05, 0.1) is 10.6 Å². The molecule has 2 aromatic carbocycles. The molecule has 1 saturated heterocycles. The molecule has 1 aliphatic rings. The van der Waals surface area contributed by atoms with Crippen molar-refractivity contribution in [2.24, 2.45) is 5.92 Å². The number of nitrogens with one attached hydrogen (secondary N) is 1. The van der Waals surface area contributed by atoms with Crippen LogP contribution in [0.1, 0.15) is 12.8 Å². The van der Waals surface area contributed by atoms with Crippen LogP contribution in [0.25, 0.3) is 11.3 Å². The maximum atomic E-state index is 13.1. The molecule has 1 fully saturated rings. The van der Waals surface area contributed by atoms with E-state index in [0.29, 0.717) is 18.0 Å². The number of halogens is 1. The minimum Gasteiger partial charge on any atom is -0.302 e. The average molecular weight is 446 g/mol. The van der Waals surface area contributed by atoms with Crippen LogP contribution in [0.3, 0.4) is 0 Å². The number of amides is 1. The summed E-state index contributed by atoms with van der Waals surface area (Å²) in [6, 6.07) is 14.5. The van der Waals surface area contributed by atoms with Crippen molar-refractivity contribution in [1.82, 2.24) is 9.29 Å². The Morgan fingerprint density at radius 2 is 1.73 bits per heavy atom. The second kappa shape index (κ2) is 8.63. The van der Waals surface area contributed by atoms with Gasteiger partial charge >= 0.3 is 0 Å². The summed E-state index contributed by atoms with van der Waals surface area (Å²) in [6.07, 6.45) is 0.840. The van der Waals surface area contributed by atoms with Crippen molar-refractivity contribution < 1.29 is 17.6 Å². The lowest BCUT2D eigenvalue weighted by atomic mass is 9.97. The number of benzene rings is 2. The van der Waals surface area contributed by atoms with E-state index < -0.39 is 15.8 Å². The second-order valence-corrected chi connectivity index (χ2v) is 9.82. The molecule has 0 aliphatic carbocycles. The van der Waals surface area contributed by atoms with E-state index in [0.717, 1.165) is 23.4 Å². The molecule has 0 unspecified atom stereocenters. The summed E-state index contributed by atoms with van der Waals surface area (Å²) in [5.41, 5.74) is 1.78. The van der Waals surface area contributed by atoms with Crippen LogP contribution in [0.4, 0.5) is 9.52 Å². The number of rotatable bonds is 5. The van der Waals surface area contributed by atoms with Crippen LogP contribution in [0.5, 0.6) is 0 Å². The van der Waals surface area contributed by atoms with Gasteiger partial charge in [-0.3, -0.25) is 4.79 Å². The fraction of sp³-hybridized carbons (Fsp3) is 0.238. The summed E-state index contributed by atoms with van der Waals surface area (Å²) >= 11 is 1.36. The van der Waals surface area contributed by atoms with E-state index in [-0.39, 0.29) is 29.8 Å². The minimum absolute atomic E-state index is 0.0584. The SMILES string of the molecule is O=C(Nc1nc(-c2ccccc2)cs1)C1CCN(S(=O)(=O)c2ccc(F)cc2)CC1. The van der Waals surface area contributed by atoms with Gasteiger partial charge in [0, 0.05) is 30.0 Å². The zero-order valence-electron chi connectivity index (χ0n) is 16.0. The molecular weight excluding hydrogens is 425 g/mol. The van der Waals surface area contributed by atoms with Crippen LogP contribution in [0.15, 0.2) is 64.9 Å². The normalized spacial score (nSPS) is 15.8. The van der Waals surface area contributed by atoms with E-state index in [1.807, 2.05) is 35.7 Å². The monoisotopic (exact) mass is 445 g/mol. The third-order valence-corrected chi connectivity index (χ3v) is 7.75. The van der Waals surface area contributed by atoms with Crippen LogP contribution in [-0.2, 0) is 14.8 Å². The van der Waals surface area contributed by atoms with Gasteiger partial charge in [-0.1, -0.05) is 30.3 Å². The van der Waals surface area contributed by atoms with Gasteiger partial charge in [-0.15, -0.1) is 11.3 Å². The predicted octanol–water partition coefficient (Wildman–Crippen LogP) is 3.99. The van der Waals surface area contributed by atoms with E-state index in [4.69, 9.17) is 0 Å². The maximum Gasteiger partial charge on any atom is 0.243 e. The molecule has 156 valence electrons. The molecule has 0 atom stereocenters. The van der Waals surface area contributed by atoms with Crippen LogP contribution < -0.4 is 5.32 Å². The summed E-state index contributed by atoms with van der Waals surface area (Å²) < 4.78 is 39.8. The highest BCUT2D eigenvalue weighted by Gasteiger charge is 2.32. The third kappa shape index (κ3) is 4.43. The standard InChI is InChI=1S/C21H20FN3O3S2/c22-17-6-8-18(9-7-17)30(27,28)25-12-10-16(11-13-25)20(26)24-21-23-19(14-29-21)15-4-2-1-3-5-15/h1-9,14,16H,10-13H2,(H,23,24,26). The summed E-state index contributed by atoms with van der Waals surface area (Å²) in [5, 5.41) is 5.27. The Labute approximate surface area is 178 Å². The Bertz CT molecular complexity index is 1120. The number of carbonyl (C=O) groups is 1. The lowest BCUT2D eigenvalue weighted by Crippen LogP contribution is -2.41. The molecule has 2 heterocycles. The van der Waals surface area contributed by atoms with Crippen molar-refractivity contribution in [1.29, 1.82) is 0 Å². The fourth-order valence-electron chi connectivity index (χ4n) is 3.39. The molecule has 30 heavy (non-hydrogen) atoms. The van der Waals surface area contributed by atoms with Gasteiger partial charge in [-0.2, -0.15) is 4.31 Å². The van der Waals surface area contributed by atoms with E-state index in [1.165, 1.54) is 27.8 Å². The second-order valence-electron chi connectivity index (χ2n) is 7.03. The minimum atomic E-state index is -3.69. The van der Waals surface area contributed by atoms with Crippen molar-refractivity contribution >= 4 is 32.4 Å². The Balaban J connectivity index is 1.36. The number of nitrogens with zero attached hydrogens (tertiary/aromatic N) is 2. The number of anilines is 1. The Kier molecular flexibility index (Phi) is 5.94. The number of sulfonamides is 1. The first kappa shape index (κ1) is 20.6. The summed E-state index contributed by atoms with van der Waals surface area (Å²) in [6.45, 7) is 0.482. The number of carbonyl (C=O) groups excluding carboxylic acids is 1. The van der Waals surface area contributed by atoms with E-state index in [9.17, 15) is 17.6 Å². The van der Waals surface area contributed by atoms with Crippen molar-refractivity contribution in [2.75, 3.05) is 18.4 Å². The van der Waals surface area contributed by atoms with Crippen molar-refractivity contribution in [3.8, 4) is 11.3 Å². The summed E-state index contributed by atoms with van der Waals surface area (Å²) in [4.78, 5) is 17.1. The molecule has 0 radical (unpaired) electrons. The van der Waals surface area contributed by atoms with Gasteiger partial charge in [0.15, 0.2) is 5.13 Å². The number of hydrogen-bond donors (Lipinski definition) is 1. The first-order valence-electron chi connectivity index (χ1n) is 9.51. The zero-order chi connectivity index (χ0) is 21.1. The van der Waals surface area contributed by atoms with Gasteiger partial charge in [0.1, 0.15) is 5.82 Å². The maximum absolute atomic E-state index is 13.1. The number of thiazole rings is 1. The van der Waals surface area contributed by atoms with Gasteiger partial charge in [-0.05, 0) is 37.1 Å². The van der Waals surface area contributed by atoms with Gasteiger partial charge < -0.3 is 5.32 Å². The summed E-state index contributed by atoms with van der Waals surface area (Å²) in [7, 11) is -3.69. The summed E-state index contributed by atoms with van der Waals surface area (Å²) in [5.74, 6) is -0.918. The molecule has 0 spiro atoms. The van der Waals surface area contributed by atoms with Crippen molar-refractivity contribution in [2.45, 2.75) is 17.7 Å². The smallest absolute Gasteiger partial charge is 0.243 e. The molecule has 0 saturated carbocycles. The van der Waals surface area contributed by atoms with Crippen LogP contribution >= 0.6 is 11.3 Å². The van der Waals surface area contributed by atoms with Crippen LogP contribution in [0.2, 0.25) is 0 Å². The lowest BCUT2D eigenvalue weighted by molar-refractivity contribution is -0.120. The first-order valence-corrected chi connectivity index (χ1v) is 11.8. The predicted molar refractivity (Wildman–Crippen MR) is 114 cm³/mol. The Hall–Kier alpha value is -2.62. The van der Waals surface area contributed by atoms with Crippen LogP contribution in [0, 0.1) is 11.7 Å². The third-order valence-electron chi connectivity index (χ3n) is 5.08. The zero-order valence-corrected chi connectivity index (χ0v) is 17.6. The van der Waals surface area contributed by atoms with E-state index >= 15 is 0 Å². The highest BCUT2D eigenvalue weighted by atomic mass is 32.2. The van der Waals surface area contributed by atoms with Crippen molar-refractivity contribution in [3.63, 3.8) is 0 Å². The average Bonchev–Trinajstić information content (AvgIpc) is 3.23. The molecule has 6 nitrogen and oxygen atoms in total. The molecule has 1 aliphatic heterocycles. The quantitative estimate of drug-likeness (QED) is 0.644. The Morgan fingerprint density at radius 1 is 1.07 bits per heavy atom.